The molecule has 2 fully saturated rings. The lowest BCUT2D eigenvalue weighted by Crippen LogP contribution is -3.08. The van der Waals surface area contributed by atoms with E-state index in [9.17, 15) is 0 Å². The molecule has 0 radical (unpaired) electrons. The summed E-state index contributed by atoms with van der Waals surface area (Å²) in [6.07, 6.45) is 2.63. The molecule has 2 aliphatic heterocycles. The van der Waals surface area contributed by atoms with E-state index in [2.05, 4.69) is 65.8 Å². The summed E-state index contributed by atoms with van der Waals surface area (Å²) in [7, 11) is 0. The van der Waals surface area contributed by atoms with Crippen LogP contribution in [-0.2, 0) is 0 Å². The fraction of sp³-hybridized carbons (Fsp3) is 0.480. The molecular formula is C25H33N. The summed E-state index contributed by atoms with van der Waals surface area (Å²) >= 11 is 0. The molecule has 0 aliphatic carbocycles. The second-order valence-electron chi connectivity index (χ2n) is 8.87. The van der Waals surface area contributed by atoms with Gasteiger partial charge in [0, 0.05) is 0 Å². The molecular weight excluding hydrogens is 314 g/mol. The normalized spacial score (nSPS) is 25.7. The molecule has 1 heteroatoms. The van der Waals surface area contributed by atoms with Crippen LogP contribution in [0.5, 0.6) is 0 Å². The smallest absolute Gasteiger partial charge is 0.0516 e. The van der Waals surface area contributed by atoms with E-state index in [1.54, 1.807) is 22.1 Å². The van der Waals surface area contributed by atoms with E-state index in [1.807, 2.05) is 0 Å². The van der Waals surface area contributed by atoms with Crippen LogP contribution in [0.4, 0.5) is 0 Å². The largest absolute Gasteiger partial charge is 0.462 e. The highest BCUT2D eigenvalue weighted by Gasteiger charge is 2.40. The minimum atomic E-state index is 0.637. The molecule has 4 rings (SSSR count). The van der Waals surface area contributed by atoms with Crippen molar-refractivity contribution >= 4 is 0 Å². The van der Waals surface area contributed by atoms with Gasteiger partial charge in [-0.3, -0.25) is 0 Å². The molecule has 2 aliphatic rings. The number of fused-ring (bicyclic) bond motifs is 1. The molecule has 0 amide bonds. The van der Waals surface area contributed by atoms with Gasteiger partial charge in [-0.1, -0.05) is 58.4 Å². The third kappa shape index (κ3) is 2.81. The standard InChI is InChI=1S/C25H33N/c1-15-11-17(3)23(18(4)12-15)21-7-9-26-10-8-22(25(21)26)24-19(5)13-16(2)14-20(24)6/h11-14,21-22,26H,7-10H2,1-6H3. The quantitative estimate of drug-likeness (QED) is 0.756. The number of nitrogens with one attached hydrogen (secondary N) is 1. The number of hydrogen-bond acceptors (Lipinski definition) is 0. The summed E-state index contributed by atoms with van der Waals surface area (Å²) in [4.78, 5) is 1.78. The Labute approximate surface area is 159 Å². The van der Waals surface area contributed by atoms with Crippen LogP contribution in [0.2, 0.25) is 0 Å². The summed E-state index contributed by atoms with van der Waals surface area (Å²) in [5.41, 5.74) is 12.0. The van der Waals surface area contributed by atoms with Crippen molar-refractivity contribution in [2.75, 3.05) is 13.1 Å². The number of hydrogen-bond donors (Lipinski definition) is 1. The minimum Gasteiger partial charge on any atom is -0.462 e. The Morgan fingerprint density at radius 3 is 1.35 bits per heavy atom. The number of quaternary nitrogens is 1. The lowest BCUT2D eigenvalue weighted by atomic mass is 9.76. The molecule has 2 aromatic rings. The first kappa shape index (κ1) is 17.8. The fourth-order valence-corrected chi connectivity index (χ4v) is 6.18. The Hall–Kier alpha value is -1.60. The number of benzene rings is 2. The van der Waals surface area contributed by atoms with Gasteiger partial charge in [-0.2, -0.15) is 0 Å². The van der Waals surface area contributed by atoms with Crippen LogP contribution in [0.3, 0.4) is 0 Å². The van der Waals surface area contributed by atoms with Crippen molar-refractivity contribution in [3.05, 3.63) is 74.8 Å². The maximum Gasteiger partial charge on any atom is 0.0516 e. The molecule has 2 unspecified atom stereocenters. The molecule has 0 bridgehead atoms. The van der Waals surface area contributed by atoms with Crippen LogP contribution in [0, 0.1) is 47.6 Å². The average molecular weight is 348 g/mol. The predicted molar refractivity (Wildman–Crippen MR) is 110 cm³/mol. The molecule has 0 saturated carbocycles. The minimum absolute atomic E-state index is 0.637. The molecule has 0 spiro atoms. The Balaban J connectivity index is 1.78. The summed E-state index contributed by atoms with van der Waals surface area (Å²) in [5, 5.41) is 0. The predicted octanol–water partition coefficient (Wildman–Crippen LogP) is 4.63. The summed E-state index contributed by atoms with van der Waals surface area (Å²) in [6.45, 7) is 16.3. The monoisotopic (exact) mass is 347 g/mol. The molecule has 2 atom stereocenters. The van der Waals surface area contributed by atoms with Crippen LogP contribution in [0.15, 0.2) is 24.3 Å². The highest BCUT2D eigenvalue weighted by molar-refractivity contribution is 5.47. The van der Waals surface area contributed by atoms with Gasteiger partial charge in [0.1, 0.15) is 0 Å². The van der Waals surface area contributed by atoms with E-state index in [4.69, 9.17) is 0 Å². The highest BCUT2D eigenvalue weighted by atomic mass is 15.2. The van der Waals surface area contributed by atoms with Gasteiger partial charge in [-0.25, -0.2) is 0 Å². The van der Waals surface area contributed by atoms with Gasteiger partial charge in [-0.05, 0) is 76.6 Å². The molecule has 1 nitrogen and oxygen atoms in total. The molecule has 26 heavy (non-hydrogen) atoms. The first-order valence-corrected chi connectivity index (χ1v) is 10.2. The van der Waals surface area contributed by atoms with Crippen molar-refractivity contribution in [1.29, 1.82) is 0 Å². The van der Waals surface area contributed by atoms with Gasteiger partial charge >= 0.3 is 0 Å². The average Bonchev–Trinajstić information content (AvgIpc) is 3.09. The Bertz CT molecular complexity index is 732. The van der Waals surface area contributed by atoms with Crippen LogP contribution >= 0.6 is 0 Å². The Morgan fingerprint density at radius 2 is 1.00 bits per heavy atom. The van der Waals surface area contributed by atoms with Crippen molar-refractivity contribution in [2.24, 2.45) is 0 Å². The zero-order chi connectivity index (χ0) is 18.6. The van der Waals surface area contributed by atoms with Gasteiger partial charge in [0.05, 0.1) is 13.1 Å². The second kappa shape index (κ2) is 6.53. The van der Waals surface area contributed by atoms with E-state index in [0.717, 1.165) is 0 Å². The molecule has 1 N–H and O–H groups in total. The first-order chi connectivity index (χ1) is 12.4. The highest BCUT2D eigenvalue weighted by Crippen LogP contribution is 2.46. The first-order valence-electron chi connectivity index (χ1n) is 10.2. The van der Waals surface area contributed by atoms with Crippen molar-refractivity contribution in [1.82, 2.24) is 0 Å². The Kier molecular flexibility index (Phi) is 4.47. The van der Waals surface area contributed by atoms with Gasteiger partial charge in [0.15, 0.2) is 0 Å². The maximum absolute atomic E-state index is 2.38. The topological polar surface area (TPSA) is 4.44 Å². The van der Waals surface area contributed by atoms with Gasteiger partial charge < -0.3 is 4.90 Å². The third-order valence-electron chi connectivity index (χ3n) is 6.80. The van der Waals surface area contributed by atoms with Gasteiger partial charge in [0.25, 0.3) is 0 Å². The molecule has 2 heterocycles. The second-order valence-corrected chi connectivity index (χ2v) is 8.87. The molecule has 138 valence electrons. The summed E-state index contributed by atoms with van der Waals surface area (Å²) in [5.74, 6) is 1.27. The van der Waals surface area contributed by atoms with Crippen molar-refractivity contribution < 1.29 is 4.90 Å². The molecule has 2 saturated heterocycles. The number of aryl methyl sites for hydroxylation is 6. The SMILES string of the molecule is Cc1cc(C)c(C2CC[NH+]3CCC(c4c(C)cc(C)cc4C)[C-]23)c(C)c1. The lowest BCUT2D eigenvalue weighted by Gasteiger charge is -2.38. The van der Waals surface area contributed by atoms with E-state index in [0.29, 0.717) is 11.8 Å². The molecule has 2 aromatic carbocycles. The zero-order valence-electron chi connectivity index (χ0n) is 17.3. The Morgan fingerprint density at radius 1 is 0.654 bits per heavy atom. The van der Waals surface area contributed by atoms with Crippen molar-refractivity contribution in [3.8, 4) is 0 Å². The number of rotatable bonds is 2. The van der Waals surface area contributed by atoms with Crippen LogP contribution in [-0.4, -0.2) is 13.1 Å². The lowest BCUT2D eigenvalue weighted by molar-refractivity contribution is -0.865. The fourth-order valence-electron chi connectivity index (χ4n) is 6.18. The van der Waals surface area contributed by atoms with E-state index in [1.165, 1.54) is 59.3 Å². The van der Waals surface area contributed by atoms with Crippen molar-refractivity contribution in [2.45, 2.75) is 66.2 Å². The summed E-state index contributed by atoms with van der Waals surface area (Å²) in [6, 6.07) is 11.3. The van der Waals surface area contributed by atoms with Gasteiger partial charge in [0.2, 0.25) is 0 Å². The van der Waals surface area contributed by atoms with Crippen LogP contribution in [0.25, 0.3) is 0 Å². The maximum atomic E-state index is 2.38. The summed E-state index contributed by atoms with van der Waals surface area (Å²) < 4.78 is 0. The van der Waals surface area contributed by atoms with E-state index in [-0.39, 0.29) is 0 Å². The third-order valence-corrected chi connectivity index (χ3v) is 6.80. The van der Waals surface area contributed by atoms with E-state index < -0.39 is 0 Å². The molecule has 0 aromatic heterocycles. The van der Waals surface area contributed by atoms with E-state index >= 15 is 0 Å². The van der Waals surface area contributed by atoms with Crippen LogP contribution < -0.4 is 4.90 Å². The van der Waals surface area contributed by atoms with Gasteiger partial charge in [-0.15, -0.1) is 6.04 Å². The zero-order valence-corrected chi connectivity index (χ0v) is 17.3. The van der Waals surface area contributed by atoms with Crippen LogP contribution in [0.1, 0.15) is 69.2 Å². The van der Waals surface area contributed by atoms with Crippen molar-refractivity contribution in [3.63, 3.8) is 0 Å².